The van der Waals surface area contributed by atoms with E-state index in [-0.39, 0.29) is 17.9 Å². The molecule has 2 bridgehead atoms. The highest BCUT2D eigenvalue weighted by Crippen LogP contribution is 2.49. The van der Waals surface area contributed by atoms with Crippen LogP contribution in [-0.4, -0.2) is 31.3 Å². The number of rotatable bonds is 4. The van der Waals surface area contributed by atoms with Gasteiger partial charge >= 0.3 is 5.97 Å². The summed E-state index contributed by atoms with van der Waals surface area (Å²) in [7, 11) is -3.39. The molecule has 2 rings (SSSR count). The molecule has 5 nitrogen and oxygen atoms in total. The van der Waals surface area contributed by atoms with Crippen LogP contribution in [0.2, 0.25) is 0 Å². The second kappa shape index (κ2) is 5.15. The van der Waals surface area contributed by atoms with Crippen molar-refractivity contribution in [1.82, 2.24) is 4.72 Å². The minimum Gasteiger partial charge on any atom is -0.459 e. The molecule has 0 aromatic carbocycles. The molecule has 114 valence electrons. The molecule has 0 aliphatic heterocycles. The molecular formula is C14H23NO4S. The molecule has 6 heteroatoms. The molecule has 0 radical (unpaired) electrons. The van der Waals surface area contributed by atoms with Gasteiger partial charge in [-0.25, -0.2) is 17.9 Å². The number of ether oxygens (including phenoxy) is 1. The minimum atomic E-state index is -3.39. The highest BCUT2D eigenvalue weighted by Gasteiger charge is 2.55. The molecule has 0 amide bonds. The molecule has 4 unspecified atom stereocenters. The lowest BCUT2D eigenvalue weighted by Crippen LogP contribution is -2.47. The summed E-state index contributed by atoms with van der Waals surface area (Å²) in [5.74, 6) is -0.400. The molecule has 2 fully saturated rings. The summed E-state index contributed by atoms with van der Waals surface area (Å²) in [6.45, 7) is 8.86. The summed E-state index contributed by atoms with van der Waals surface area (Å²) in [5, 5.41) is -0.455. The van der Waals surface area contributed by atoms with E-state index in [0.717, 1.165) is 18.9 Å². The van der Waals surface area contributed by atoms with Gasteiger partial charge in [0.25, 0.3) is 0 Å². The first kappa shape index (κ1) is 15.5. The van der Waals surface area contributed by atoms with Gasteiger partial charge in [-0.3, -0.25) is 0 Å². The number of hydrogen-bond acceptors (Lipinski definition) is 4. The maximum atomic E-state index is 12.5. The third-order valence-electron chi connectivity index (χ3n) is 4.04. The van der Waals surface area contributed by atoms with Crippen molar-refractivity contribution >= 4 is 16.0 Å². The zero-order chi connectivity index (χ0) is 15.1. The molecule has 0 spiro atoms. The average Bonchev–Trinajstić information content (AvgIpc) is 2.83. The van der Waals surface area contributed by atoms with Crippen LogP contribution >= 0.6 is 0 Å². The number of hydrogen-bond donors (Lipinski definition) is 1. The topological polar surface area (TPSA) is 72.5 Å². The van der Waals surface area contributed by atoms with Crippen LogP contribution in [0, 0.1) is 11.8 Å². The Labute approximate surface area is 120 Å². The highest BCUT2D eigenvalue weighted by atomic mass is 32.2. The van der Waals surface area contributed by atoms with Crippen LogP contribution in [0.1, 0.15) is 40.0 Å². The van der Waals surface area contributed by atoms with E-state index >= 15 is 0 Å². The Hall–Kier alpha value is -0.880. The summed E-state index contributed by atoms with van der Waals surface area (Å²) in [4.78, 5) is 11.4. The van der Waals surface area contributed by atoms with E-state index in [1.165, 1.54) is 0 Å². The quantitative estimate of drug-likeness (QED) is 0.632. The van der Waals surface area contributed by atoms with Crippen LogP contribution in [-0.2, 0) is 19.6 Å². The molecule has 4 atom stereocenters. The molecule has 2 aliphatic carbocycles. The normalized spacial score (nSPS) is 33.1. The highest BCUT2D eigenvalue weighted by molar-refractivity contribution is 7.90. The summed E-state index contributed by atoms with van der Waals surface area (Å²) in [6.07, 6.45) is 3.17. The Morgan fingerprint density at radius 2 is 2.00 bits per heavy atom. The largest absolute Gasteiger partial charge is 0.459 e. The van der Waals surface area contributed by atoms with Gasteiger partial charge in [0.2, 0.25) is 10.0 Å². The predicted octanol–water partition coefficient (Wildman–Crippen LogP) is 1.60. The van der Waals surface area contributed by atoms with Gasteiger partial charge < -0.3 is 4.74 Å². The first-order chi connectivity index (χ1) is 9.14. The molecule has 0 heterocycles. The molecule has 2 saturated carbocycles. The van der Waals surface area contributed by atoms with Crippen LogP contribution in [0.4, 0.5) is 0 Å². The van der Waals surface area contributed by atoms with Crippen molar-refractivity contribution in [1.29, 1.82) is 0 Å². The van der Waals surface area contributed by atoms with E-state index in [9.17, 15) is 13.2 Å². The van der Waals surface area contributed by atoms with E-state index in [4.69, 9.17) is 4.74 Å². The van der Waals surface area contributed by atoms with Gasteiger partial charge in [-0.1, -0.05) is 6.58 Å². The maximum absolute atomic E-state index is 12.5. The monoisotopic (exact) mass is 301 g/mol. The number of nitrogens with one attached hydrogen (secondary N) is 1. The number of sulfonamides is 1. The zero-order valence-corrected chi connectivity index (χ0v) is 13.1. The zero-order valence-electron chi connectivity index (χ0n) is 12.3. The summed E-state index contributed by atoms with van der Waals surface area (Å²) < 4.78 is 33.0. The van der Waals surface area contributed by atoms with Crippen molar-refractivity contribution in [3.05, 3.63) is 12.7 Å². The van der Waals surface area contributed by atoms with Crippen molar-refractivity contribution in [3.8, 4) is 0 Å². The number of esters is 1. The molecular weight excluding hydrogens is 278 g/mol. The predicted molar refractivity (Wildman–Crippen MR) is 76.5 cm³/mol. The van der Waals surface area contributed by atoms with Crippen molar-refractivity contribution in [2.24, 2.45) is 11.8 Å². The fourth-order valence-electron chi connectivity index (χ4n) is 3.43. The molecule has 0 saturated heterocycles. The Bertz CT molecular complexity index is 506. The van der Waals surface area contributed by atoms with E-state index in [0.29, 0.717) is 6.42 Å². The van der Waals surface area contributed by atoms with Gasteiger partial charge in [0.1, 0.15) is 6.10 Å². The lowest BCUT2D eigenvalue weighted by molar-refractivity contribution is -0.145. The minimum absolute atomic E-state index is 0.0938. The van der Waals surface area contributed by atoms with E-state index in [2.05, 4.69) is 11.3 Å². The van der Waals surface area contributed by atoms with Crippen molar-refractivity contribution < 1.29 is 17.9 Å². The van der Waals surface area contributed by atoms with Gasteiger partial charge in [-0.15, -0.1) is 0 Å². The fourth-order valence-corrected chi connectivity index (χ4v) is 5.69. The third-order valence-corrected chi connectivity index (χ3v) is 6.27. The standard InChI is InChI=1S/C14H23NO4S/c1-5-12(16)19-13-9-6-7-10(13)11(8-9)20(17,18)15-14(2,3)4/h5,9-11,13,15H,1,6-8H2,2-4H3. The molecule has 0 aromatic rings. The van der Waals surface area contributed by atoms with E-state index in [1.54, 1.807) is 0 Å². The second-order valence-electron chi connectivity index (χ2n) is 6.78. The second-order valence-corrected chi connectivity index (χ2v) is 8.68. The van der Waals surface area contributed by atoms with Crippen LogP contribution in [0.5, 0.6) is 0 Å². The lowest BCUT2D eigenvalue weighted by atomic mass is 10.0. The molecule has 0 aromatic heterocycles. The lowest BCUT2D eigenvalue weighted by Gasteiger charge is -2.27. The smallest absolute Gasteiger partial charge is 0.330 e. The first-order valence-corrected chi connectivity index (χ1v) is 8.54. The summed E-state index contributed by atoms with van der Waals surface area (Å²) in [5.41, 5.74) is -0.492. The van der Waals surface area contributed by atoms with Crippen molar-refractivity contribution in [3.63, 3.8) is 0 Å². The van der Waals surface area contributed by atoms with Gasteiger partial charge in [-0.05, 0) is 46.0 Å². The SMILES string of the molecule is C=CC(=O)OC1C2CCC1C(S(=O)(=O)NC(C)(C)C)C2. The Morgan fingerprint density at radius 3 is 2.55 bits per heavy atom. The Kier molecular flexibility index (Phi) is 3.99. The van der Waals surface area contributed by atoms with Crippen molar-refractivity contribution in [2.75, 3.05) is 0 Å². The number of fused-ring (bicyclic) bond motifs is 2. The molecule has 20 heavy (non-hydrogen) atoms. The number of carbonyl (C=O) groups excluding carboxylic acids is 1. The Morgan fingerprint density at radius 1 is 1.35 bits per heavy atom. The van der Waals surface area contributed by atoms with Crippen LogP contribution in [0.15, 0.2) is 12.7 Å². The van der Waals surface area contributed by atoms with Gasteiger partial charge in [-0.2, -0.15) is 0 Å². The summed E-state index contributed by atoms with van der Waals surface area (Å²) in [6, 6.07) is 0. The maximum Gasteiger partial charge on any atom is 0.330 e. The molecule has 1 N–H and O–H groups in total. The van der Waals surface area contributed by atoms with Gasteiger partial charge in [0, 0.05) is 17.5 Å². The van der Waals surface area contributed by atoms with Crippen LogP contribution < -0.4 is 4.72 Å². The van der Waals surface area contributed by atoms with Crippen molar-refractivity contribution in [2.45, 2.75) is 56.9 Å². The first-order valence-electron chi connectivity index (χ1n) is 7.00. The summed E-state index contributed by atoms with van der Waals surface area (Å²) >= 11 is 0. The van der Waals surface area contributed by atoms with Crippen LogP contribution in [0.3, 0.4) is 0 Å². The number of carbonyl (C=O) groups is 1. The Balaban J connectivity index is 2.13. The van der Waals surface area contributed by atoms with Gasteiger partial charge in [0.05, 0.1) is 5.25 Å². The molecule has 2 aliphatic rings. The van der Waals surface area contributed by atoms with E-state index < -0.39 is 26.8 Å². The average molecular weight is 301 g/mol. The van der Waals surface area contributed by atoms with E-state index in [1.807, 2.05) is 20.8 Å². The van der Waals surface area contributed by atoms with Crippen LogP contribution in [0.25, 0.3) is 0 Å². The van der Waals surface area contributed by atoms with Gasteiger partial charge in [0.15, 0.2) is 0 Å². The third kappa shape index (κ3) is 3.06. The fraction of sp³-hybridized carbons (Fsp3) is 0.786.